The summed E-state index contributed by atoms with van der Waals surface area (Å²) in [6.45, 7) is 3.30. The summed E-state index contributed by atoms with van der Waals surface area (Å²) in [5.41, 5.74) is 0.944. The van der Waals surface area contributed by atoms with Crippen LogP contribution in [-0.4, -0.2) is 46.6 Å². The molecule has 0 aliphatic carbocycles. The molecule has 1 aromatic heterocycles. The summed E-state index contributed by atoms with van der Waals surface area (Å²) in [5.74, 6) is 1.95. The molecule has 1 N–H and O–H groups in total. The molecule has 2 fully saturated rings. The van der Waals surface area contributed by atoms with Crippen LogP contribution in [0, 0.1) is 5.92 Å². The number of aryl methyl sites for hydroxylation is 1. The molecular formula is C22H30N4O2. The zero-order valence-corrected chi connectivity index (χ0v) is 16.5. The molecule has 2 saturated heterocycles. The zero-order chi connectivity index (χ0) is 19.2. The Kier molecular flexibility index (Phi) is 6.37. The van der Waals surface area contributed by atoms with E-state index in [0.717, 1.165) is 18.5 Å². The van der Waals surface area contributed by atoms with Gasteiger partial charge in [-0.05, 0) is 51.1 Å². The van der Waals surface area contributed by atoms with E-state index in [1.165, 1.54) is 45.2 Å². The van der Waals surface area contributed by atoms with Crippen LogP contribution in [0.4, 0.5) is 0 Å². The number of amides is 1. The molecule has 3 heterocycles. The second kappa shape index (κ2) is 9.32. The minimum atomic E-state index is 0.135. The molecule has 1 aromatic carbocycles. The molecule has 1 amide bonds. The smallest absolute Gasteiger partial charge is 0.226 e. The standard InChI is InChI=1S/C22H30N4O2/c27-20(23-16-18-10-7-15-26-14-5-4-11-19(18)26)12-6-13-21-24-22(25-28-21)17-8-2-1-3-9-17/h1-3,8-9,18-19H,4-7,10-16H2,(H,23,27)/t18-,19-/m0/s1. The highest BCUT2D eigenvalue weighted by molar-refractivity contribution is 5.75. The second-order valence-corrected chi connectivity index (χ2v) is 8.04. The van der Waals surface area contributed by atoms with Crippen LogP contribution in [-0.2, 0) is 11.2 Å². The lowest BCUT2D eigenvalue weighted by atomic mass is 9.83. The fraction of sp³-hybridized carbons (Fsp3) is 0.591. The minimum Gasteiger partial charge on any atom is -0.356 e. The minimum absolute atomic E-state index is 0.135. The monoisotopic (exact) mass is 382 g/mol. The molecular weight excluding hydrogens is 352 g/mol. The summed E-state index contributed by atoms with van der Waals surface area (Å²) in [5, 5.41) is 7.20. The Morgan fingerprint density at radius 2 is 2.00 bits per heavy atom. The Morgan fingerprint density at radius 3 is 2.89 bits per heavy atom. The van der Waals surface area contributed by atoms with Crippen LogP contribution < -0.4 is 5.32 Å². The van der Waals surface area contributed by atoms with Gasteiger partial charge in [0.25, 0.3) is 0 Å². The van der Waals surface area contributed by atoms with Crippen LogP contribution in [0.25, 0.3) is 11.4 Å². The van der Waals surface area contributed by atoms with Crippen molar-refractivity contribution in [3.8, 4) is 11.4 Å². The average Bonchev–Trinajstić information content (AvgIpc) is 3.22. The Balaban J connectivity index is 1.18. The van der Waals surface area contributed by atoms with Crippen molar-refractivity contribution in [3.05, 3.63) is 36.2 Å². The predicted octanol–water partition coefficient (Wildman–Crippen LogP) is 3.44. The molecule has 0 saturated carbocycles. The Morgan fingerprint density at radius 1 is 1.14 bits per heavy atom. The van der Waals surface area contributed by atoms with Crippen LogP contribution in [0.2, 0.25) is 0 Å². The molecule has 2 aliphatic rings. The van der Waals surface area contributed by atoms with Crippen LogP contribution >= 0.6 is 0 Å². The van der Waals surface area contributed by atoms with E-state index in [1.54, 1.807) is 0 Å². The number of nitrogens with zero attached hydrogens (tertiary/aromatic N) is 3. The van der Waals surface area contributed by atoms with Crippen LogP contribution in [0.5, 0.6) is 0 Å². The van der Waals surface area contributed by atoms with Gasteiger partial charge < -0.3 is 14.7 Å². The van der Waals surface area contributed by atoms with Gasteiger partial charge >= 0.3 is 0 Å². The van der Waals surface area contributed by atoms with Crippen molar-refractivity contribution in [1.29, 1.82) is 0 Å². The maximum absolute atomic E-state index is 12.3. The summed E-state index contributed by atoms with van der Waals surface area (Å²) in [6, 6.07) is 10.5. The molecule has 0 unspecified atom stereocenters. The van der Waals surface area contributed by atoms with Gasteiger partial charge in [-0.3, -0.25) is 4.79 Å². The van der Waals surface area contributed by atoms with Crippen molar-refractivity contribution >= 4 is 5.91 Å². The van der Waals surface area contributed by atoms with E-state index in [9.17, 15) is 4.79 Å². The number of nitrogens with one attached hydrogen (secondary N) is 1. The number of hydrogen-bond donors (Lipinski definition) is 1. The third kappa shape index (κ3) is 4.79. The highest BCUT2D eigenvalue weighted by Crippen LogP contribution is 2.30. The van der Waals surface area contributed by atoms with Crippen LogP contribution in [0.3, 0.4) is 0 Å². The van der Waals surface area contributed by atoms with E-state index < -0.39 is 0 Å². The zero-order valence-electron chi connectivity index (χ0n) is 16.5. The van der Waals surface area contributed by atoms with E-state index in [1.807, 2.05) is 30.3 Å². The number of aromatic nitrogens is 2. The largest absolute Gasteiger partial charge is 0.356 e. The topological polar surface area (TPSA) is 71.3 Å². The first-order valence-corrected chi connectivity index (χ1v) is 10.7. The van der Waals surface area contributed by atoms with Gasteiger partial charge in [0.2, 0.25) is 17.6 Å². The fourth-order valence-corrected chi connectivity index (χ4v) is 4.61. The maximum Gasteiger partial charge on any atom is 0.226 e. The Labute approximate surface area is 166 Å². The third-order valence-corrected chi connectivity index (χ3v) is 6.08. The van der Waals surface area contributed by atoms with Gasteiger partial charge in [0.15, 0.2) is 0 Å². The Bertz CT molecular complexity index is 759. The number of hydrogen-bond acceptors (Lipinski definition) is 5. The highest BCUT2D eigenvalue weighted by Gasteiger charge is 2.32. The van der Waals surface area contributed by atoms with Crippen molar-refractivity contribution in [2.75, 3.05) is 19.6 Å². The molecule has 0 spiro atoms. The van der Waals surface area contributed by atoms with Gasteiger partial charge in [-0.2, -0.15) is 4.98 Å². The molecule has 2 atom stereocenters. The van der Waals surface area contributed by atoms with Crippen molar-refractivity contribution in [1.82, 2.24) is 20.4 Å². The molecule has 4 rings (SSSR count). The first kappa shape index (κ1) is 19.1. The molecule has 0 radical (unpaired) electrons. The van der Waals surface area contributed by atoms with Crippen molar-refractivity contribution < 1.29 is 9.32 Å². The summed E-state index contributed by atoms with van der Waals surface area (Å²) >= 11 is 0. The van der Waals surface area contributed by atoms with E-state index in [2.05, 4.69) is 20.4 Å². The quantitative estimate of drug-likeness (QED) is 0.794. The van der Waals surface area contributed by atoms with E-state index in [0.29, 0.717) is 36.5 Å². The first-order valence-electron chi connectivity index (χ1n) is 10.7. The molecule has 6 nitrogen and oxygen atoms in total. The first-order chi connectivity index (χ1) is 13.8. The summed E-state index contributed by atoms with van der Waals surface area (Å²) < 4.78 is 5.32. The summed E-state index contributed by atoms with van der Waals surface area (Å²) in [7, 11) is 0. The van der Waals surface area contributed by atoms with Gasteiger partial charge in [-0.15, -0.1) is 0 Å². The van der Waals surface area contributed by atoms with Crippen LogP contribution in [0.15, 0.2) is 34.9 Å². The number of carbonyl (C=O) groups is 1. The molecule has 0 bridgehead atoms. The molecule has 6 heteroatoms. The van der Waals surface area contributed by atoms with Gasteiger partial charge in [-0.25, -0.2) is 0 Å². The lowest BCUT2D eigenvalue weighted by Gasteiger charge is -2.44. The molecule has 28 heavy (non-hydrogen) atoms. The summed E-state index contributed by atoms with van der Waals surface area (Å²) in [4.78, 5) is 19.3. The molecule has 150 valence electrons. The number of carbonyl (C=O) groups excluding carboxylic acids is 1. The second-order valence-electron chi connectivity index (χ2n) is 8.04. The molecule has 2 aliphatic heterocycles. The van der Waals surface area contributed by atoms with E-state index in [4.69, 9.17) is 4.52 Å². The number of piperidine rings is 2. The van der Waals surface area contributed by atoms with Gasteiger partial charge in [0.05, 0.1) is 0 Å². The summed E-state index contributed by atoms with van der Waals surface area (Å²) in [6.07, 6.45) is 8.32. The lowest BCUT2D eigenvalue weighted by molar-refractivity contribution is -0.121. The SMILES string of the molecule is O=C(CCCc1nc(-c2ccccc2)no1)NC[C@@H]1CCCN2CCCC[C@@H]12. The maximum atomic E-state index is 12.3. The van der Waals surface area contributed by atoms with Gasteiger partial charge in [0, 0.05) is 31.0 Å². The molecule has 2 aromatic rings. The van der Waals surface area contributed by atoms with Crippen molar-refractivity contribution in [3.63, 3.8) is 0 Å². The van der Waals surface area contributed by atoms with Gasteiger partial charge in [0.1, 0.15) is 0 Å². The van der Waals surface area contributed by atoms with Crippen molar-refractivity contribution in [2.45, 2.75) is 57.4 Å². The predicted molar refractivity (Wildman–Crippen MR) is 108 cm³/mol. The van der Waals surface area contributed by atoms with Crippen LogP contribution in [0.1, 0.15) is 50.8 Å². The normalized spacial score (nSPS) is 22.6. The van der Waals surface area contributed by atoms with E-state index >= 15 is 0 Å². The lowest BCUT2D eigenvalue weighted by Crippen LogP contribution is -2.50. The van der Waals surface area contributed by atoms with Gasteiger partial charge in [-0.1, -0.05) is 41.9 Å². The third-order valence-electron chi connectivity index (χ3n) is 6.08. The number of fused-ring (bicyclic) bond motifs is 1. The average molecular weight is 383 g/mol. The van der Waals surface area contributed by atoms with Crippen molar-refractivity contribution in [2.24, 2.45) is 5.92 Å². The fourth-order valence-electron chi connectivity index (χ4n) is 4.61. The van der Waals surface area contributed by atoms with E-state index in [-0.39, 0.29) is 5.91 Å². The number of benzene rings is 1. The highest BCUT2D eigenvalue weighted by atomic mass is 16.5. The number of rotatable bonds is 7. The Hall–Kier alpha value is -2.21.